The van der Waals surface area contributed by atoms with Crippen molar-refractivity contribution in [1.29, 1.82) is 0 Å². The van der Waals surface area contributed by atoms with E-state index in [9.17, 15) is 4.79 Å². The van der Waals surface area contributed by atoms with Gasteiger partial charge in [-0.25, -0.2) is 0 Å². The van der Waals surface area contributed by atoms with Crippen molar-refractivity contribution >= 4 is 22.4 Å². The lowest BCUT2D eigenvalue weighted by molar-refractivity contribution is 0.0737. The molecule has 6 heteroatoms. The van der Waals surface area contributed by atoms with Crippen LogP contribution in [0.15, 0.2) is 79.4 Å². The Morgan fingerprint density at radius 3 is 2.83 bits per heavy atom. The molecule has 0 radical (unpaired) electrons. The van der Waals surface area contributed by atoms with Gasteiger partial charge in [0.15, 0.2) is 0 Å². The number of aryl methyl sites for hydroxylation is 1. The zero-order chi connectivity index (χ0) is 24.0. The first-order valence-corrected chi connectivity index (χ1v) is 12.1. The van der Waals surface area contributed by atoms with Gasteiger partial charge in [-0.15, -0.1) is 0 Å². The third-order valence-corrected chi connectivity index (χ3v) is 6.54. The van der Waals surface area contributed by atoms with Crippen LogP contribution in [0.2, 0.25) is 0 Å². The van der Waals surface area contributed by atoms with Crippen LogP contribution >= 0.6 is 0 Å². The van der Waals surface area contributed by atoms with Gasteiger partial charge in [0.05, 0.1) is 13.2 Å². The molecule has 0 saturated carbocycles. The number of carbonyl (C=O) groups excluding carboxylic acids is 1. The van der Waals surface area contributed by atoms with E-state index in [4.69, 9.17) is 4.74 Å². The Kier molecular flexibility index (Phi) is 7.00. The average Bonchev–Trinajstić information content (AvgIpc) is 3.14. The second kappa shape index (κ2) is 10.7. The first-order valence-electron chi connectivity index (χ1n) is 12.1. The molecule has 0 bridgehead atoms. The van der Waals surface area contributed by atoms with E-state index in [2.05, 4.69) is 40.4 Å². The minimum Gasteiger partial charge on any atom is -0.381 e. The van der Waals surface area contributed by atoms with E-state index in [0.717, 1.165) is 28.6 Å². The second-order valence-corrected chi connectivity index (χ2v) is 9.20. The maximum atomic E-state index is 13.5. The van der Waals surface area contributed by atoms with Crippen LogP contribution in [-0.2, 0) is 17.7 Å². The summed E-state index contributed by atoms with van der Waals surface area (Å²) in [6.45, 7) is 5.20. The summed E-state index contributed by atoms with van der Waals surface area (Å²) in [5.41, 5.74) is 5.10. The van der Waals surface area contributed by atoms with E-state index in [1.54, 1.807) is 6.20 Å². The van der Waals surface area contributed by atoms with Crippen LogP contribution in [0.5, 0.6) is 0 Å². The van der Waals surface area contributed by atoms with E-state index in [1.165, 1.54) is 10.9 Å². The number of hydrogen-bond donors (Lipinski definition) is 1. The molecule has 0 aliphatic carbocycles. The standard InChI is InChI=1S/C29H30N4O2/c1-21-4-6-26(15-28(21)32-17-23-3-2-9-30-16-23)29(34)33-11-12-35-20-24(19-33)13-22-5-7-25-8-10-31-18-27(25)14-22/h2-10,14-16,18,24,32H,11-13,17,19-20H2,1H3/t24-/m0/s1. The fourth-order valence-electron chi connectivity index (χ4n) is 4.61. The summed E-state index contributed by atoms with van der Waals surface area (Å²) in [7, 11) is 0. The van der Waals surface area contributed by atoms with Crippen LogP contribution in [0.4, 0.5) is 5.69 Å². The number of nitrogens with one attached hydrogen (secondary N) is 1. The number of benzene rings is 2. The van der Waals surface area contributed by atoms with Crippen molar-refractivity contribution in [3.05, 3.63) is 102 Å². The summed E-state index contributed by atoms with van der Waals surface area (Å²) in [5.74, 6) is 0.289. The molecular weight excluding hydrogens is 436 g/mol. The maximum Gasteiger partial charge on any atom is 0.254 e. The molecule has 1 saturated heterocycles. The lowest BCUT2D eigenvalue weighted by Crippen LogP contribution is -2.36. The number of anilines is 1. The van der Waals surface area contributed by atoms with Crippen LogP contribution in [0.3, 0.4) is 0 Å². The smallest absolute Gasteiger partial charge is 0.254 e. The Labute approximate surface area is 206 Å². The summed E-state index contributed by atoms with van der Waals surface area (Å²) in [6, 6.07) is 18.4. The van der Waals surface area contributed by atoms with Crippen LogP contribution in [0.1, 0.15) is 27.0 Å². The van der Waals surface area contributed by atoms with E-state index >= 15 is 0 Å². The number of ether oxygens (including phenoxy) is 1. The van der Waals surface area contributed by atoms with Crippen LogP contribution in [-0.4, -0.2) is 47.1 Å². The molecule has 1 atom stereocenters. The molecule has 5 rings (SSSR count). The number of aromatic nitrogens is 2. The van der Waals surface area contributed by atoms with Gasteiger partial charge in [-0.1, -0.05) is 24.3 Å². The Morgan fingerprint density at radius 1 is 1.03 bits per heavy atom. The summed E-state index contributed by atoms with van der Waals surface area (Å²) < 4.78 is 5.89. The predicted molar refractivity (Wildman–Crippen MR) is 138 cm³/mol. The molecule has 4 aromatic rings. The lowest BCUT2D eigenvalue weighted by atomic mass is 9.97. The highest BCUT2D eigenvalue weighted by atomic mass is 16.5. The number of pyridine rings is 2. The number of hydrogen-bond acceptors (Lipinski definition) is 5. The van der Waals surface area contributed by atoms with Gasteiger partial charge in [0, 0.05) is 67.0 Å². The van der Waals surface area contributed by atoms with E-state index in [1.807, 2.05) is 59.9 Å². The molecule has 6 nitrogen and oxygen atoms in total. The lowest BCUT2D eigenvalue weighted by Gasteiger charge is -2.24. The maximum absolute atomic E-state index is 13.5. The molecule has 0 spiro atoms. The van der Waals surface area contributed by atoms with E-state index in [-0.39, 0.29) is 11.8 Å². The highest BCUT2D eigenvalue weighted by molar-refractivity contribution is 5.95. The summed E-state index contributed by atoms with van der Waals surface area (Å²) in [5, 5.41) is 5.78. The quantitative estimate of drug-likeness (QED) is 0.439. The van der Waals surface area contributed by atoms with Gasteiger partial charge in [-0.05, 0) is 65.8 Å². The third-order valence-electron chi connectivity index (χ3n) is 6.54. The number of fused-ring (bicyclic) bond motifs is 1. The van der Waals surface area contributed by atoms with Crippen molar-refractivity contribution in [2.45, 2.75) is 19.9 Å². The molecule has 35 heavy (non-hydrogen) atoms. The Hall–Kier alpha value is -3.77. The molecule has 2 aromatic carbocycles. The van der Waals surface area contributed by atoms with Crippen molar-refractivity contribution < 1.29 is 9.53 Å². The van der Waals surface area contributed by atoms with Crippen LogP contribution < -0.4 is 5.32 Å². The van der Waals surface area contributed by atoms with Crippen LogP contribution in [0, 0.1) is 12.8 Å². The Morgan fingerprint density at radius 2 is 1.94 bits per heavy atom. The average molecular weight is 467 g/mol. The second-order valence-electron chi connectivity index (χ2n) is 9.20. The Balaban J connectivity index is 1.28. The Bertz CT molecular complexity index is 1310. The van der Waals surface area contributed by atoms with Gasteiger partial charge in [-0.3, -0.25) is 14.8 Å². The van der Waals surface area contributed by atoms with Crippen molar-refractivity contribution in [3.8, 4) is 0 Å². The van der Waals surface area contributed by atoms with Gasteiger partial charge in [0.2, 0.25) is 0 Å². The fraction of sp³-hybridized carbons (Fsp3) is 0.276. The van der Waals surface area contributed by atoms with E-state index < -0.39 is 0 Å². The number of amides is 1. The number of carbonyl (C=O) groups is 1. The van der Waals surface area contributed by atoms with Gasteiger partial charge in [0.25, 0.3) is 5.91 Å². The third kappa shape index (κ3) is 5.66. The highest BCUT2D eigenvalue weighted by Crippen LogP contribution is 2.22. The molecular formula is C29H30N4O2. The molecule has 1 fully saturated rings. The summed E-state index contributed by atoms with van der Waals surface area (Å²) in [4.78, 5) is 23.8. The molecule has 3 heterocycles. The monoisotopic (exact) mass is 466 g/mol. The largest absolute Gasteiger partial charge is 0.381 e. The SMILES string of the molecule is Cc1ccc(C(=O)N2CCOC[C@@H](Cc3ccc4ccncc4c3)C2)cc1NCc1cccnc1. The first-order chi connectivity index (χ1) is 17.2. The van der Waals surface area contributed by atoms with Crippen molar-refractivity contribution in [1.82, 2.24) is 14.9 Å². The minimum absolute atomic E-state index is 0.0487. The molecule has 1 aliphatic heterocycles. The van der Waals surface area contributed by atoms with Crippen molar-refractivity contribution in [2.75, 3.05) is 31.6 Å². The zero-order valence-corrected chi connectivity index (χ0v) is 20.0. The topological polar surface area (TPSA) is 67.4 Å². The summed E-state index contributed by atoms with van der Waals surface area (Å²) in [6.07, 6.45) is 8.19. The molecule has 2 aromatic heterocycles. The molecule has 0 unspecified atom stereocenters. The molecule has 1 aliphatic rings. The van der Waals surface area contributed by atoms with Gasteiger partial charge in [0.1, 0.15) is 0 Å². The predicted octanol–water partition coefficient (Wildman–Crippen LogP) is 4.88. The summed E-state index contributed by atoms with van der Waals surface area (Å²) >= 11 is 0. The van der Waals surface area contributed by atoms with Crippen molar-refractivity contribution in [3.63, 3.8) is 0 Å². The molecule has 1 N–H and O–H groups in total. The normalized spacial score (nSPS) is 16.1. The molecule has 178 valence electrons. The fourth-order valence-corrected chi connectivity index (χ4v) is 4.61. The van der Waals surface area contributed by atoms with Crippen LogP contribution in [0.25, 0.3) is 10.8 Å². The van der Waals surface area contributed by atoms with Crippen molar-refractivity contribution in [2.24, 2.45) is 5.92 Å². The van der Waals surface area contributed by atoms with Gasteiger partial charge < -0.3 is 15.0 Å². The van der Waals surface area contributed by atoms with Gasteiger partial charge in [-0.2, -0.15) is 0 Å². The zero-order valence-electron chi connectivity index (χ0n) is 20.0. The first kappa shape index (κ1) is 23.0. The number of nitrogens with zero attached hydrogens (tertiary/aromatic N) is 3. The highest BCUT2D eigenvalue weighted by Gasteiger charge is 2.24. The number of rotatable bonds is 6. The van der Waals surface area contributed by atoms with Gasteiger partial charge >= 0.3 is 0 Å². The minimum atomic E-state index is 0.0487. The molecule has 1 amide bonds. The van der Waals surface area contributed by atoms with E-state index in [0.29, 0.717) is 38.4 Å².